The number of rotatable bonds is 12. The van der Waals surface area contributed by atoms with Crippen molar-refractivity contribution >= 4 is 21.6 Å². The Hall–Kier alpha value is -0.620. The van der Waals surface area contributed by atoms with Gasteiger partial charge in [-0.2, -0.15) is 0 Å². The summed E-state index contributed by atoms with van der Waals surface area (Å²) in [6.45, 7) is 10.9. The molecule has 120 valence electrons. The van der Waals surface area contributed by atoms with Crippen molar-refractivity contribution in [3.8, 4) is 0 Å². The number of hydrogen-bond donors (Lipinski definition) is 1. The topological polar surface area (TPSA) is 33.7 Å². The summed E-state index contributed by atoms with van der Waals surface area (Å²) >= 11 is 3.48. The molecule has 1 N–H and O–H groups in total. The van der Waals surface area contributed by atoms with Crippen LogP contribution in [0, 0.1) is 0 Å². The van der Waals surface area contributed by atoms with E-state index in [1.807, 2.05) is 26.0 Å². The fraction of sp³-hybridized carbons (Fsp3) is 0.625. The quantitative estimate of drug-likeness (QED) is 0.581. The van der Waals surface area contributed by atoms with Crippen molar-refractivity contribution in [2.45, 2.75) is 13.8 Å². The highest BCUT2D eigenvalue weighted by atomic mass is 79.9. The van der Waals surface area contributed by atoms with Gasteiger partial charge in [0.25, 0.3) is 0 Å². The molecule has 21 heavy (non-hydrogen) atoms. The summed E-state index contributed by atoms with van der Waals surface area (Å²) in [5.74, 6) is 0. The smallest absolute Gasteiger partial charge is 0.0593 e. The predicted octanol–water partition coefficient (Wildman–Crippen LogP) is 3.24. The van der Waals surface area contributed by atoms with Gasteiger partial charge in [-0.15, -0.1) is 0 Å². The Morgan fingerprint density at radius 2 is 1.71 bits per heavy atom. The summed E-state index contributed by atoms with van der Waals surface area (Å²) in [6, 6.07) is 8.23. The van der Waals surface area contributed by atoms with Crippen LogP contribution in [0.3, 0.4) is 0 Å². The molecular weight excluding hydrogens is 332 g/mol. The lowest BCUT2D eigenvalue weighted by molar-refractivity contribution is 0.0846. The third-order valence-corrected chi connectivity index (χ3v) is 3.59. The fourth-order valence-corrected chi connectivity index (χ4v) is 2.37. The molecule has 4 nitrogen and oxygen atoms in total. The second-order valence-corrected chi connectivity index (χ2v) is 5.59. The van der Waals surface area contributed by atoms with Gasteiger partial charge in [0.05, 0.1) is 13.2 Å². The standard InChI is InChI=1S/C16H27BrN2O2/c1-3-20-12-10-19(11-13-21-4-2)9-8-18-16-7-5-6-15(17)14-16/h5-7,14,18H,3-4,8-13H2,1-2H3. The third-order valence-electron chi connectivity index (χ3n) is 3.09. The summed E-state index contributed by atoms with van der Waals surface area (Å²) in [6.07, 6.45) is 0. The maximum atomic E-state index is 5.44. The molecule has 0 atom stereocenters. The van der Waals surface area contributed by atoms with Crippen molar-refractivity contribution < 1.29 is 9.47 Å². The first-order valence-corrected chi connectivity index (χ1v) is 8.42. The van der Waals surface area contributed by atoms with Gasteiger partial charge in [0.2, 0.25) is 0 Å². The lowest BCUT2D eigenvalue weighted by Gasteiger charge is -2.22. The van der Waals surface area contributed by atoms with Gasteiger partial charge in [0, 0.05) is 49.6 Å². The Kier molecular flexibility index (Phi) is 10.5. The first-order chi connectivity index (χ1) is 10.3. The van der Waals surface area contributed by atoms with E-state index in [9.17, 15) is 0 Å². The molecule has 0 aliphatic rings. The van der Waals surface area contributed by atoms with Crippen molar-refractivity contribution in [1.29, 1.82) is 0 Å². The molecule has 0 radical (unpaired) electrons. The largest absolute Gasteiger partial charge is 0.384 e. The third kappa shape index (κ3) is 9.09. The lowest BCUT2D eigenvalue weighted by Crippen LogP contribution is -2.35. The van der Waals surface area contributed by atoms with Crippen molar-refractivity contribution in [2.75, 3.05) is 57.9 Å². The molecule has 0 bridgehead atoms. The zero-order chi connectivity index (χ0) is 15.3. The lowest BCUT2D eigenvalue weighted by atomic mass is 10.3. The Morgan fingerprint density at radius 3 is 2.29 bits per heavy atom. The van der Waals surface area contributed by atoms with Crippen molar-refractivity contribution in [1.82, 2.24) is 4.90 Å². The molecule has 0 saturated heterocycles. The van der Waals surface area contributed by atoms with Crippen LogP contribution < -0.4 is 5.32 Å². The fourth-order valence-electron chi connectivity index (χ4n) is 1.97. The normalized spacial score (nSPS) is 11.0. The van der Waals surface area contributed by atoms with E-state index in [2.05, 4.69) is 38.3 Å². The van der Waals surface area contributed by atoms with Gasteiger partial charge in [-0.1, -0.05) is 22.0 Å². The van der Waals surface area contributed by atoms with Gasteiger partial charge in [-0.25, -0.2) is 0 Å². The molecule has 5 heteroatoms. The number of halogens is 1. The second kappa shape index (κ2) is 12.0. The molecule has 0 aliphatic heterocycles. The summed E-state index contributed by atoms with van der Waals surface area (Å²) < 4.78 is 12.0. The molecule has 0 aromatic heterocycles. The van der Waals surface area contributed by atoms with E-state index in [-0.39, 0.29) is 0 Å². The number of nitrogens with one attached hydrogen (secondary N) is 1. The zero-order valence-corrected chi connectivity index (χ0v) is 14.7. The summed E-state index contributed by atoms with van der Waals surface area (Å²) in [5.41, 5.74) is 1.14. The number of benzene rings is 1. The van der Waals surface area contributed by atoms with E-state index in [1.54, 1.807) is 0 Å². The second-order valence-electron chi connectivity index (χ2n) is 4.67. The molecule has 1 aromatic carbocycles. The molecule has 0 aliphatic carbocycles. The zero-order valence-electron chi connectivity index (χ0n) is 13.1. The SMILES string of the molecule is CCOCCN(CCNc1cccc(Br)c1)CCOCC. The molecule has 0 amide bonds. The van der Waals surface area contributed by atoms with Crippen molar-refractivity contribution in [3.63, 3.8) is 0 Å². The first kappa shape index (κ1) is 18.4. The van der Waals surface area contributed by atoms with E-state index < -0.39 is 0 Å². The predicted molar refractivity (Wildman–Crippen MR) is 92.1 cm³/mol. The summed E-state index contributed by atoms with van der Waals surface area (Å²) in [4.78, 5) is 2.37. The van der Waals surface area contributed by atoms with Crippen LogP contribution in [0.15, 0.2) is 28.7 Å². The number of ether oxygens (including phenoxy) is 2. The van der Waals surface area contributed by atoms with Crippen LogP contribution >= 0.6 is 15.9 Å². The average Bonchev–Trinajstić information content (AvgIpc) is 2.47. The Morgan fingerprint density at radius 1 is 1.05 bits per heavy atom. The Bertz CT molecular complexity index is 367. The minimum absolute atomic E-state index is 0.773. The van der Waals surface area contributed by atoms with E-state index >= 15 is 0 Å². The summed E-state index contributed by atoms with van der Waals surface area (Å²) in [7, 11) is 0. The monoisotopic (exact) mass is 358 g/mol. The van der Waals surface area contributed by atoms with Gasteiger partial charge in [-0.3, -0.25) is 4.90 Å². The van der Waals surface area contributed by atoms with Crippen LogP contribution in [-0.2, 0) is 9.47 Å². The van der Waals surface area contributed by atoms with Crippen LogP contribution in [0.5, 0.6) is 0 Å². The van der Waals surface area contributed by atoms with E-state index in [0.717, 1.165) is 62.8 Å². The highest BCUT2D eigenvalue weighted by Crippen LogP contribution is 2.15. The summed E-state index contributed by atoms with van der Waals surface area (Å²) in [5, 5.41) is 3.44. The molecule has 0 fully saturated rings. The van der Waals surface area contributed by atoms with Gasteiger partial charge in [0.1, 0.15) is 0 Å². The van der Waals surface area contributed by atoms with Crippen LogP contribution in [0.1, 0.15) is 13.8 Å². The average molecular weight is 359 g/mol. The molecule has 1 rings (SSSR count). The van der Waals surface area contributed by atoms with E-state index in [1.165, 1.54) is 0 Å². The Balaban J connectivity index is 2.29. The first-order valence-electron chi connectivity index (χ1n) is 7.63. The van der Waals surface area contributed by atoms with Gasteiger partial charge in [0.15, 0.2) is 0 Å². The number of nitrogens with zero attached hydrogens (tertiary/aromatic N) is 1. The number of hydrogen-bond acceptors (Lipinski definition) is 4. The van der Waals surface area contributed by atoms with Crippen LogP contribution in [-0.4, -0.2) is 57.5 Å². The van der Waals surface area contributed by atoms with Crippen LogP contribution in [0.4, 0.5) is 5.69 Å². The highest BCUT2D eigenvalue weighted by molar-refractivity contribution is 9.10. The molecular formula is C16H27BrN2O2. The molecule has 1 aromatic rings. The van der Waals surface area contributed by atoms with Gasteiger partial charge < -0.3 is 14.8 Å². The van der Waals surface area contributed by atoms with E-state index in [0.29, 0.717) is 0 Å². The van der Waals surface area contributed by atoms with Gasteiger partial charge in [-0.05, 0) is 32.0 Å². The molecule has 0 spiro atoms. The number of anilines is 1. The van der Waals surface area contributed by atoms with Crippen molar-refractivity contribution in [3.05, 3.63) is 28.7 Å². The minimum atomic E-state index is 0.773. The minimum Gasteiger partial charge on any atom is -0.384 e. The van der Waals surface area contributed by atoms with E-state index in [4.69, 9.17) is 9.47 Å². The maximum absolute atomic E-state index is 5.44. The van der Waals surface area contributed by atoms with Crippen LogP contribution in [0.25, 0.3) is 0 Å². The molecule has 0 unspecified atom stereocenters. The molecule has 0 heterocycles. The highest BCUT2D eigenvalue weighted by Gasteiger charge is 2.04. The van der Waals surface area contributed by atoms with Crippen molar-refractivity contribution in [2.24, 2.45) is 0 Å². The maximum Gasteiger partial charge on any atom is 0.0593 e. The Labute approximate surface area is 136 Å². The van der Waals surface area contributed by atoms with Crippen LogP contribution in [0.2, 0.25) is 0 Å². The van der Waals surface area contributed by atoms with Gasteiger partial charge >= 0.3 is 0 Å². The molecule has 0 saturated carbocycles.